The molecule has 0 radical (unpaired) electrons. The van der Waals surface area contributed by atoms with Crippen molar-refractivity contribution < 1.29 is 13.5 Å². The van der Waals surface area contributed by atoms with E-state index in [1.807, 2.05) is 0 Å². The van der Waals surface area contributed by atoms with E-state index in [9.17, 15) is 8.42 Å². The van der Waals surface area contributed by atoms with Gasteiger partial charge in [0.15, 0.2) is 5.69 Å². The van der Waals surface area contributed by atoms with E-state index in [1.165, 1.54) is 30.5 Å². The van der Waals surface area contributed by atoms with E-state index >= 15 is 0 Å². The molecule has 0 aliphatic carbocycles. The fraction of sp³-hybridized carbons (Fsp3) is 0.0769. The second-order valence-corrected chi connectivity index (χ2v) is 5.57. The highest BCUT2D eigenvalue weighted by Gasteiger charge is 2.19. The number of anilines is 1. The summed E-state index contributed by atoms with van der Waals surface area (Å²) >= 11 is 0. The summed E-state index contributed by atoms with van der Waals surface area (Å²) in [6.45, 7) is -0.117. The summed E-state index contributed by atoms with van der Waals surface area (Å²) in [6.07, 6.45) is 1.35. The highest BCUT2D eigenvalue weighted by Crippen LogP contribution is 2.18. The zero-order chi connectivity index (χ0) is 14.6. The van der Waals surface area contributed by atoms with Crippen LogP contribution in [0, 0.1) is 11.3 Å². The molecule has 0 unspecified atom stereocenters. The van der Waals surface area contributed by atoms with Crippen molar-refractivity contribution in [2.24, 2.45) is 0 Å². The van der Waals surface area contributed by atoms with Crippen molar-refractivity contribution in [3.8, 4) is 6.07 Å². The molecule has 0 saturated carbocycles. The van der Waals surface area contributed by atoms with Crippen LogP contribution in [0.25, 0.3) is 0 Å². The maximum atomic E-state index is 12.2. The topological polar surface area (TPSA) is 103 Å². The van der Waals surface area contributed by atoms with Gasteiger partial charge in [0.25, 0.3) is 10.0 Å². The van der Waals surface area contributed by atoms with Crippen molar-refractivity contribution >= 4 is 15.7 Å². The lowest BCUT2D eigenvalue weighted by Crippen LogP contribution is -2.15. The molecule has 1 heterocycles. The summed E-state index contributed by atoms with van der Waals surface area (Å²) in [6, 6.07) is 10.8. The maximum Gasteiger partial charge on any atom is 0.264 e. The summed E-state index contributed by atoms with van der Waals surface area (Å²) in [7, 11) is -3.87. The Balaban J connectivity index is 2.33. The van der Waals surface area contributed by atoms with Gasteiger partial charge in [-0.1, -0.05) is 12.1 Å². The molecule has 0 aliphatic rings. The summed E-state index contributed by atoms with van der Waals surface area (Å²) in [5, 5.41) is 17.8. The molecule has 1 aromatic carbocycles. The molecule has 2 rings (SSSR count). The average Bonchev–Trinajstić information content (AvgIpc) is 2.47. The van der Waals surface area contributed by atoms with Gasteiger partial charge in [-0.25, -0.2) is 13.4 Å². The molecule has 0 saturated heterocycles. The van der Waals surface area contributed by atoms with Gasteiger partial charge >= 0.3 is 0 Å². The van der Waals surface area contributed by atoms with Crippen LogP contribution in [0.2, 0.25) is 0 Å². The number of hydrogen-bond donors (Lipinski definition) is 2. The van der Waals surface area contributed by atoms with Gasteiger partial charge in [0.1, 0.15) is 11.0 Å². The normalized spacial score (nSPS) is 10.8. The number of aliphatic hydroxyl groups excluding tert-OH is 1. The van der Waals surface area contributed by atoms with E-state index in [4.69, 9.17) is 10.4 Å². The van der Waals surface area contributed by atoms with Gasteiger partial charge in [-0.15, -0.1) is 0 Å². The third-order valence-electron chi connectivity index (χ3n) is 2.55. The van der Waals surface area contributed by atoms with Gasteiger partial charge in [0.05, 0.1) is 6.61 Å². The molecule has 20 heavy (non-hydrogen) atoms. The van der Waals surface area contributed by atoms with Crippen LogP contribution < -0.4 is 4.72 Å². The van der Waals surface area contributed by atoms with Crippen LogP contribution in [-0.4, -0.2) is 18.5 Å². The number of hydrogen-bond acceptors (Lipinski definition) is 5. The van der Waals surface area contributed by atoms with Crippen molar-refractivity contribution in [3.05, 3.63) is 53.9 Å². The zero-order valence-electron chi connectivity index (χ0n) is 10.3. The molecule has 0 atom stereocenters. The molecule has 0 bridgehead atoms. The molecule has 2 N–H and O–H groups in total. The number of benzene rings is 1. The number of nitriles is 1. The first-order chi connectivity index (χ1) is 9.56. The second-order valence-electron chi connectivity index (χ2n) is 3.92. The Morgan fingerprint density at radius 2 is 1.95 bits per heavy atom. The minimum Gasteiger partial charge on any atom is -0.392 e. The van der Waals surface area contributed by atoms with E-state index in [2.05, 4.69) is 9.71 Å². The predicted octanol–water partition coefficient (Wildman–Crippen LogP) is 1.25. The fourth-order valence-electron chi connectivity index (χ4n) is 1.58. The van der Waals surface area contributed by atoms with E-state index in [-0.39, 0.29) is 17.2 Å². The molecular weight excluding hydrogens is 278 g/mol. The highest BCUT2D eigenvalue weighted by molar-refractivity contribution is 7.92. The predicted molar refractivity (Wildman–Crippen MR) is 72.1 cm³/mol. The monoisotopic (exact) mass is 289 g/mol. The first-order valence-corrected chi connectivity index (χ1v) is 7.13. The van der Waals surface area contributed by atoms with Gasteiger partial charge in [0.2, 0.25) is 0 Å². The molecule has 0 aliphatic heterocycles. The lowest BCUT2D eigenvalue weighted by molar-refractivity contribution is 0.282. The summed E-state index contributed by atoms with van der Waals surface area (Å²) in [5.74, 6) is 0. The largest absolute Gasteiger partial charge is 0.392 e. The number of rotatable bonds is 4. The third kappa shape index (κ3) is 2.93. The Morgan fingerprint density at radius 1 is 1.25 bits per heavy atom. The molecule has 6 nitrogen and oxygen atoms in total. The maximum absolute atomic E-state index is 12.2. The van der Waals surface area contributed by atoms with Crippen LogP contribution >= 0.6 is 0 Å². The van der Waals surface area contributed by atoms with Crippen molar-refractivity contribution in [1.29, 1.82) is 5.26 Å². The van der Waals surface area contributed by atoms with Crippen molar-refractivity contribution in [3.63, 3.8) is 0 Å². The van der Waals surface area contributed by atoms with Crippen molar-refractivity contribution in [2.75, 3.05) is 4.72 Å². The first kappa shape index (κ1) is 14.0. The SMILES string of the molecule is N#Cc1ncccc1S(=O)(=O)Nc1ccc(CO)cc1. The minimum atomic E-state index is -3.87. The zero-order valence-corrected chi connectivity index (χ0v) is 11.1. The molecule has 1 aromatic heterocycles. The smallest absolute Gasteiger partial charge is 0.264 e. The molecule has 0 fully saturated rings. The van der Waals surface area contributed by atoms with Gasteiger partial charge in [-0.05, 0) is 29.8 Å². The first-order valence-electron chi connectivity index (χ1n) is 5.64. The van der Waals surface area contributed by atoms with Gasteiger partial charge in [0, 0.05) is 11.9 Å². The number of nitrogens with zero attached hydrogens (tertiary/aromatic N) is 2. The number of pyridine rings is 1. The van der Waals surface area contributed by atoms with Crippen LogP contribution in [0.1, 0.15) is 11.3 Å². The Hall–Kier alpha value is -2.43. The lowest BCUT2D eigenvalue weighted by Gasteiger charge is -2.09. The molecular formula is C13H11N3O3S. The van der Waals surface area contributed by atoms with Gasteiger partial charge < -0.3 is 5.11 Å². The lowest BCUT2D eigenvalue weighted by atomic mass is 10.2. The van der Waals surface area contributed by atoms with E-state index in [0.29, 0.717) is 11.3 Å². The average molecular weight is 289 g/mol. The third-order valence-corrected chi connectivity index (χ3v) is 3.97. The Morgan fingerprint density at radius 3 is 2.55 bits per heavy atom. The molecule has 0 amide bonds. The van der Waals surface area contributed by atoms with Crippen LogP contribution in [-0.2, 0) is 16.6 Å². The van der Waals surface area contributed by atoms with Crippen LogP contribution in [0.4, 0.5) is 5.69 Å². The summed E-state index contributed by atoms with van der Waals surface area (Å²) < 4.78 is 26.7. The number of aromatic nitrogens is 1. The van der Waals surface area contributed by atoms with Crippen LogP contribution in [0.5, 0.6) is 0 Å². The molecule has 2 aromatic rings. The van der Waals surface area contributed by atoms with E-state index < -0.39 is 10.0 Å². The Labute approximate surface area is 116 Å². The summed E-state index contributed by atoms with van der Waals surface area (Å²) in [5.41, 5.74) is 0.856. The van der Waals surface area contributed by atoms with Crippen molar-refractivity contribution in [2.45, 2.75) is 11.5 Å². The number of nitrogens with one attached hydrogen (secondary N) is 1. The highest BCUT2D eigenvalue weighted by atomic mass is 32.2. The Kier molecular flexibility index (Phi) is 3.98. The van der Waals surface area contributed by atoms with Gasteiger partial charge in [-0.2, -0.15) is 5.26 Å². The standard InChI is InChI=1S/C13H11N3O3S/c14-8-12-13(2-1-7-15-12)20(18,19)16-11-5-3-10(9-17)4-6-11/h1-7,16-17H,9H2. The van der Waals surface area contributed by atoms with E-state index in [0.717, 1.165) is 0 Å². The molecule has 7 heteroatoms. The van der Waals surface area contributed by atoms with Crippen LogP contribution in [0.15, 0.2) is 47.5 Å². The van der Waals surface area contributed by atoms with E-state index in [1.54, 1.807) is 18.2 Å². The van der Waals surface area contributed by atoms with Crippen LogP contribution in [0.3, 0.4) is 0 Å². The van der Waals surface area contributed by atoms with Gasteiger partial charge in [-0.3, -0.25) is 4.72 Å². The fourth-order valence-corrected chi connectivity index (χ4v) is 2.75. The number of sulfonamides is 1. The Bertz CT molecular complexity index is 749. The quantitative estimate of drug-likeness (QED) is 0.881. The second kappa shape index (κ2) is 5.69. The summed E-state index contributed by atoms with van der Waals surface area (Å²) in [4.78, 5) is 3.55. The molecule has 102 valence electrons. The van der Waals surface area contributed by atoms with Crippen molar-refractivity contribution in [1.82, 2.24) is 4.98 Å². The minimum absolute atomic E-state index is 0.117. The number of aliphatic hydroxyl groups is 1. The molecule has 0 spiro atoms.